The van der Waals surface area contributed by atoms with Gasteiger partial charge in [-0.25, -0.2) is 4.79 Å². The van der Waals surface area contributed by atoms with Gasteiger partial charge < -0.3 is 10.4 Å². The molecule has 0 saturated heterocycles. The Morgan fingerprint density at radius 2 is 1.95 bits per heavy atom. The number of carboxylic acids is 1. The van der Waals surface area contributed by atoms with Gasteiger partial charge in [-0.2, -0.15) is 0 Å². The quantitative estimate of drug-likeness (QED) is 0.366. The zero-order chi connectivity index (χ0) is 14.9. The summed E-state index contributed by atoms with van der Waals surface area (Å²) in [7, 11) is 0. The minimum Gasteiger partial charge on any atom is -0.480 e. The number of aliphatic carboxylic acids is 1. The number of nitrogens with zero attached hydrogens (tertiary/aromatic N) is 1. The van der Waals surface area contributed by atoms with Crippen LogP contribution in [0.1, 0.15) is 52.9 Å². The first-order valence-electron chi connectivity index (χ1n) is 6.38. The summed E-state index contributed by atoms with van der Waals surface area (Å²) >= 11 is 0.618. The van der Waals surface area contributed by atoms with Gasteiger partial charge >= 0.3 is 5.97 Å². The highest BCUT2D eigenvalue weighted by molar-refractivity contribution is 7.99. The molecular formula is C12H22N2O4S. The monoisotopic (exact) mass is 290 g/mol. The Morgan fingerprint density at radius 1 is 1.32 bits per heavy atom. The van der Waals surface area contributed by atoms with Gasteiger partial charge in [0, 0.05) is 23.0 Å². The van der Waals surface area contributed by atoms with Crippen molar-refractivity contribution in [3.05, 3.63) is 4.91 Å². The van der Waals surface area contributed by atoms with Crippen molar-refractivity contribution < 1.29 is 14.7 Å². The van der Waals surface area contributed by atoms with Crippen molar-refractivity contribution in [2.24, 2.45) is 4.58 Å². The van der Waals surface area contributed by atoms with Crippen molar-refractivity contribution in [1.82, 2.24) is 5.32 Å². The van der Waals surface area contributed by atoms with E-state index in [2.05, 4.69) is 16.8 Å². The second-order valence-electron chi connectivity index (χ2n) is 4.92. The van der Waals surface area contributed by atoms with Crippen LogP contribution in [-0.2, 0) is 9.59 Å². The summed E-state index contributed by atoms with van der Waals surface area (Å²) < 4.78 is 1.68. The number of nitrogens with one attached hydrogen (secondary N) is 1. The highest BCUT2D eigenvalue weighted by atomic mass is 32.2. The minimum atomic E-state index is -1.16. The molecule has 0 aromatic heterocycles. The van der Waals surface area contributed by atoms with Crippen molar-refractivity contribution in [2.75, 3.05) is 0 Å². The van der Waals surface area contributed by atoms with Gasteiger partial charge in [0.1, 0.15) is 6.04 Å². The molecule has 7 heteroatoms. The zero-order valence-electron chi connectivity index (χ0n) is 11.6. The molecule has 110 valence electrons. The smallest absolute Gasteiger partial charge is 0.327 e. The van der Waals surface area contributed by atoms with E-state index >= 15 is 0 Å². The zero-order valence-corrected chi connectivity index (χ0v) is 12.5. The summed E-state index contributed by atoms with van der Waals surface area (Å²) in [6.07, 6.45) is 4.14. The van der Waals surface area contributed by atoms with Crippen molar-refractivity contribution in [3.8, 4) is 0 Å². The van der Waals surface area contributed by atoms with Crippen LogP contribution in [0.2, 0.25) is 0 Å². The van der Waals surface area contributed by atoms with Crippen LogP contribution in [0.5, 0.6) is 0 Å². The van der Waals surface area contributed by atoms with Gasteiger partial charge in [0.05, 0.1) is 4.75 Å². The largest absolute Gasteiger partial charge is 0.480 e. The first-order chi connectivity index (χ1) is 8.85. The van der Waals surface area contributed by atoms with Gasteiger partial charge in [-0.1, -0.05) is 26.2 Å². The number of carbonyl (C=O) groups excluding carboxylic acids is 1. The Balaban J connectivity index is 4.39. The summed E-state index contributed by atoms with van der Waals surface area (Å²) in [6, 6.07) is -1.13. The number of unbranched alkanes of at least 4 members (excludes halogenated alkanes) is 3. The number of carbonyl (C=O) groups is 2. The summed E-state index contributed by atoms with van der Waals surface area (Å²) in [4.78, 5) is 33.1. The third-order valence-corrected chi connectivity index (χ3v) is 3.56. The maximum atomic E-state index is 11.7. The minimum absolute atomic E-state index is 0.303. The van der Waals surface area contributed by atoms with Crippen molar-refractivity contribution in [3.63, 3.8) is 0 Å². The number of nitroso groups, excluding NO2 is 1. The molecule has 0 aliphatic carbocycles. The second kappa shape index (κ2) is 8.90. The van der Waals surface area contributed by atoms with Crippen LogP contribution >= 0.6 is 11.9 Å². The molecule has 19 heavy (non-hydrogen) atoms. The van der Waals surface area contributed by atoms with E-state index in [1.165, 1.54) is 0 Å². The summed E-state index contributed by atoms with van der Waals surface area (Å²) in [5, 5.41) is 11.6. The highest BCUT2D eigenvalue weighted by Crippen LogP contribution is 2.29. The van der Waals surface area contributed by atoms with Gasteiger partial charge in [-0.05, 0) is 20.3 Å². The summed E-state index contributed by atoms with van der Waals surface area (Å²) in [5.74, 6) is -1.47. The van der Waals surface area contributed by atoms with Gasteiger partial charge in [-0.15, -0.1) is 4.91 Å². The average molecular weight is 290 g/mol. The Kier molecular flexibility index (Phi) is 8.38. The van der Waals surface area contributed by atoms with Crippen LogP contribution in [0, 0.1) is 4.91 Å². The van der Waals surface area contributed by atoms with E-state index in [0.29, 0.717) is 18.4 Å². The Labute approximate surface area is 117 Å². The van der Waals surface area contributed by atoms with Crippen LogP contribution in [0.3, 0.4) is 0 Å². The van der Waals surface area contributed by atoms with E-state index in [9.17, 15) is 14.5 Å². The summed E-state index contributed by atoms with van der Waals surface area (Å²) in [6.45, 7) is 5.21. The van der Waals surface area contributed by atoms with Crippen molar-refractivity contribution in [1.29, 1.82) is 0 Å². The van der Waals surface area contributed by atoms with Crippen LogP contribution in [0.4, 0.5) is 0 Å². The third kappa shape index (κ3) is 7.15. The fourth-order valence-electron chi connectivity index (χ4n) is 1.63. The molecule has 0 bridgehead atoms. The maximum Gasteiger partial charge on any atom is 0.327 e. The molecule has 0 aliphatic heterocycles. The predicted molar refractivity (Wildman–Crippen MR) is 75.8 cm³/mol. The van der Waals surface area contributed by atoms with Crippen LogP contribution < -0.4 is 5.32 Å². The van der Waals surface area contributed by atoms with Crippen molar-refractivity contribution in [2.45, 2.75) is 63.7 Å². The van der Waals surface area contributed by atoms with Gasteiger partial charge in [0.2, 0.25) is 5.91 Å². The average Bonchev–Trinajstić information content (AvgIpc) is 2.31. The molecule has 1 atom stereocenters. The Morgan fingerprint density at radius 3 is 2.42 bits per heavy atom. The molecule has 0 rings (SSSR count). The molecule has 0 spiro atoms. The molecule has 0 aliphatic rings. The lowest BCUT2D eigenvalue weighted by atomic mass is 10.0. The molecule has 0 aromatic carbocycles. The molecule has 0 heterocycles. The molecule has 0 aromatic rings. The molecule has 0 saturated carbocycles. The number of hydrogen-bond acceptors (Lipinski definition) is 5. The molecule has 0 fully saturated rings. The van der Waals surface area contributed by atoms with E-state index in [4.69, 9.17) is 5.11 Å². The number of hydrogen-bond donors (Lipinski definition) is 2. The molecule has 6 nitrogen and oxygen atoms in total. The fraction of sp³-hybridized carbons (Fsp3) is 0.833. The van der Waals surface area contributed by atoms with Crippen LogP contribution in [0.15, 0.2) is 4.58 Å². The Hall–Kier alpha value is -1.11. The predicted octanol–water partition coefficient (Wildman–Crippen LogP) is 2.72. The number of carboxylic acid groups (broad SMARTS) is 1. The molecule has 0 unspecified atom stereocenters. The van der Waals surface area contributed by atoms with E-state index in [1.807, 2.05) is 0 Å². The van der Waals surface area contributed by atoms with Gasteiger partial charge in [-0.3, -0.25) is 4.79 Å². The SMILES string of the molecule is CCCCCCC(=O)N[C@H](C(=O)O)C(C)(C)SN=O. The van der Waals surface area contributed by atoms with E-state index in [-0.39, 0.29) is 5.91 Å². The molecule has 0 radical (unpaired) electrons. The van der Waals surface area contributed by atoms with Crippen molar-refractivity contribution >= 4 is 23.8 Å². The van der Waals surface area contributed by atoms with Gasteiger partial charge in [0.25, 0.3) is 0 Å². The van der Waals surface area contributed by atoms with E-state index in [0.717, 1.165) is 25.7 Å². The third-order valence-electron chi connectivity index (χ3n) is 2.78. The first kappa shape index (κ1) is 17.9. The second-order valence-corrected chi connectivity index (χ2v) is 6.30. The Bertz CT molecular complexity index is 321. The maximum absolute atomic E-state index is 11.7. The lowest BCUT2D eigenvalue weighted by Crippen LogP contribution is -2.52. The topological polar surface area (TPSA) is 95.8 Å². The fourth-order valence-corrected chi connectivity index (χ4v) is 2.08. The van der Waals surface area contributed by atoms with E-state index < -0.39 is 16.8 Å². The molecular weight excluding hydrogens is 268 g/mol. The highest BCUT2D eigenvalue weighted by Gasteiger charge is 2.38. The van der Waals surface area contributed by atoms with Crippen LogP contribution in [-0.4, -0.2) is 27.8 Å². The molecule has 2 N–H and O–H groups in total. The first-order valence-corrected chi connectivity index (χ1v) is 7.15. The molecule has 1 amide bonds. The summed E-state index contributed by atoms with van der Waals surface area (Å²) in [5.41, 5.74) is 0. The van der Waals surface area contributed by atoms with E-state index in [1.54, 1.807) is 13.8 Å². The number of rotatable bonds is 10. The van der Waals surface area contributed by atoms with Gasteiger partial charge in [0.15, 0.2) is 0 Å². The lowest BCUT2D eigenvalue weighted by molar-refractivity contribution is -0.142. The lowest BCUT2D eigenvalue weighted by Gasteiger charge is -2.28. The number of amides is 1. The normalized spacial score (nSPS) is 12.8. The van der Waals surface area contributed by atoms with Crippen LogP contribution in [0.25, 0.3) is 0 Å². The standard InChI is InChI=1S/C12H22N2O4S/c1-4-5-6-7-8-9(15)13-10(11(16)17)12(2,3)19-14-18/h10H,4-8H2,1-3H3,(H,13,15)(H,16,17)/t10-/m1/s1.